The molecule has 2 aromatic rings. The van der Waals surface area contributed by atoms with E-state index in [-0.39, 0.29) is 18.1 Å². The fourth-order valence-corrected chi connectivity index (χ4v) is 2.88. The average Bonchev–Trinajstić information content (AvgIpc) is 2.76. The van der Waals surface area contributed by atoms with Crippen molar-refractivity contribution in [3.8, 4) is 0 Å². The standard InChI is InChI=1S/C13H11BrFNOS/c1-16(10-4-2-3-9(15)7-10)8-11(17)12-5-6-13(14)18-12/h2-7H,8H2,1H3. The lowest BCUT2D eigenvalue weighted by atomic mass is 10.2. The molecule has 0 N–H and O–H groups in total. The highest BCUT2D eigenvalue weighted by Crippen LogP contribution is 2.23. The molecule has 1 heterocycles. The number of carbonyl (C=O) groups excluding carboxylic acids is 1. The molecule has 1 aromatic carbocycles. The molecule has 1 aromatic heterocycles. The summed E-state index contributed by atoms with van der Waals surface area (Å²) < 4.78 is 14.0. The number of Topliss-reactive ketones (excluding diaryl/α,β-unsaturated/α-hetero) is 1. The van der Waals surface area contributed by atoms with Gasteiger partial charge in [-0.2, -0.15) is 0 Å². The van der Waals surface area contributed by atoms with Gasteiger partial charge >= 0.3 is 0 Å². The smallest absolute Gasteiger partial charge is 0.192 e. The maximum Gasteiger partial charge on any atom is 0.192 e. The number of benzene rings is 1. The van der Waals surface area contributed by atoms with Crippen LogP contribution >= 0.6 is 27.3 Å². The molecule has 0 bridgehead atoms. The first-order chi connectivity index (χ1) is 8.56. The molecular formula is C13H11BrFNOS. The molecule has 18 heavy (non-hydrogen) atoms. The molecule has 0 saturated carbocycles. The summed E-state index contributed by atoms with van der Waals surface area (Å²) in [5, 5.41) is 0. The van der Waals surface area contributed by atoms with Crippen molar-refractivity contribution in [3.05, 3.63) is 50.9 Å². The van der Waals surface area contributed by atoms with Crippen LogP contribution in [0.5, 0.6) is 0 Å². The predicted octanol–water partition coefficient (Wildman–Crippen LogP) is 3.97. The maximum atomic E-state index is 13.1. The summed E-state index contributed by atoms with van der Waals surface area (Å²) >= 11 is 4.73. The summed E-state index contributed by atoms with van der Waals surface area (Å²) in [7, 11) is 1.77. The van der Waals surface area contributed by atoms with E-state index in [1.807, 2.05) is 6.07 Å². The SMILES string of the molecule is CN(CC(=O)c1ccc(Br)s1)c1cccc(F)c1. The van der Waals surface area contributed by atoms with Crippen LogP contribution in [0.2, 0.25) is 0 Å². The van der Waals surface area contributed by atoms with E-state index in [1.165, 1.54) is 23.5 Å². The van der Waals surface area contributed by atoms with Gasteiger partial charge in [0.05, 0.1) is 15.2 Å². The van der Waals surface area contributed by atoms with Crippen LogP contribution in [0.1, 0.15) is 9.67 Å². The van der Waals surface area contributed by atoms with Gasteiger partial charge in [-0.05, 0) is 46.3 Å². The minimum Gasteiger partial charge on any atom is -0.367 e. The zero-order valence-corrected chi connectivity index (χ0v) is 12.1. The Balaban J connectivity index is 2.07. The number of rotatable bonds is 4. The molecule has 5 heteroatoms. The Hall–Kier alpha value is -1.20. The van der Waals surface area contributed by atoms with Crippen LogP contribution in [-0.4, -0.2) is 19.4 Å². The molecule has 0 amide bonds. The molecule has 2 rings (SSSR count). The molecule has 0 radical (unpaired) electrons. The van der Waals surface area contributed by atoms with Crippen LogP contribution in [0.4, 0.5) is 10.1 Å². The predicted molar refractivity (Wildman–Crippen MR) is 76.0 cm³/mol. The van der Waals surface area contributed by atoms with Crippen LogP contribution in [0.15, 0.2) is 40.2 Å². The zero-order valence-electron chi connectivity index (χ0n) is 9.69. The van der Waals surface area contributed by atoms with Crippen LogP contribution in [0.3, 0.4) is 0 Å². The van der Waals surface area contributed by atoms with Crippen molar-refractivity contribution in [1.82, 2.24) is 0 Å². The van der Waals surface area contributed by atoms with Crippen molar-refractivity contribution < 1.29 is 9.18 Å². The third kappa shape index (κ3) is 3.17. The lowest BCUT2D eigenvalue weighted by Gasteiger charge is -2.17. The second kappa shape index (κ2) is 5.63. The number of halogens is 2. The molecule has 0 fully saturated rings. The van der Waals surface area contributed by atoms with Crippen molar-refractivity contribution in [2.75, 3.05) is 18.5 Å². The highest BCUT2D eigenvalue weighted by molar-refractivity contribution is 9.11. The number of ketones is 1. The number of anilines is 1. The van der Waals surface area contributed by atoms with Crippen LogP contribution in [0, 0.1) is 5.82 Å². The molecule has 0 saturated heterocycles. The normalized spacial score (nSPS) is 10.4. The Morgan fingerprint density at radius 3 is 2.78 bits per heavy atom. The van der Waals surface area contributed by atoms with E-state index >= 15 is 0 Å². The first-order valence-corrected chi connectivity index (χ1v) is 6.92. The average molecular weight is 328 g/mol. The molecule has 0 aliphatic heterocycles. The molecule has 0 atom stereocenters. The van der Waals surface area contributed by atoms with Gasteiger partial charge < -0.3 is 4.90 Å². The number of thiophene rings is 1. The summed E-state index contributed by atoms with van der Waals surface area (Å²) in [5.74, 6) is -0.275. The summed E-state index contributed by atoms with van der Waals surface area (Å²) in [5.41, 5.74) is 0.693. The minimum atomic E-state index is -0.300. The monoisotopic (exact) mass is 327 g/mol. The number of nitrogens with zero attached hydrogens (tertiary/aromatic N) is 1. The van der Waals surface area contributed by atoms with Gasteiger partial charge in [0.25, 0.3) is 0 Å². The van der Waals surface area contributed by atoms with Gasteiger partial charge in [0.1, 0.15) is 5.82 Å². The summed E-state index contributed by atoms with van der Waals surface area (Å²) in [6.45, 7) is 0.233. The van der Waals surface area contributed by atoms with Gasteiger partial charge in [-0.3, -0.25) is 4.79 Å². The van der Waals surface area contributed by atoms with E-state index in [0.29, 0.717) is 10.6 Å². The van der Waals surface area contributed by atoms with E-state index in [9.17, 15) is 9.18 Å². The second-order valence-corrected chi connectivity index (χ2v) is 6.33. The Bertz CT molecular complexity index is 570. The highest BCUT2D eigenvalue weighted by Gasteiger charge is 2.12. The Labute approximate surface area is 117 Å². The Kier molecular flexibility index (Phi) is 4.14. The van der Waals surface area contributed by atoms with Crippen LogP contribution in [0.25, 0.3) is 0 Å². The van der Waals surface area contributed by atoms with Crippen molar-refractivity contribution in [3.63, 3.8) is 0 Å². The van der Waals surface area contributed by atoms with E-state index < -0.39 is 0 Å². The van der Waals surface area contributed by atoms with E-state index in [4.69, 9.17) is 0 Å². The largest absolute Gasteiger partial charge is 0.367 e. The van der Waals surface area contributed by atoms with Crippen molar-refractivity contribution in [2.24, 2.45) is 0 Å². The maximum absolute atomic E-state index is 13.1. The highest BCUT2D eigenvalue weighted by atomic mass is 79.9. The first-order valence-electron chi connectivity index (χ1n) is 5.31. The van der Waals surface area contributed by atoms with E-state index in [2.05, 4.69) is 15.9 Å². The van der Waals surface area contributed by atoms with Gasteiger partial charge in [0.2, 0.25) is 0 Å². The first kappa shape index (κ1) is 13.2. The number of carbonyl (C=O) groups is 1. The fraction of sp³-hybridized carbons (Fsp3) is 0.154. The summed E-state index contributed by atoms with van der Waals surface area (Å²) in [6.07, 6.45) is 0. The quantitative estimate of drug-likeness (QED) is 0.792. The molecule has 2 nitrogen and oxygen atoms in total. The van der Waals surface area contributed by atoms with Crippen LogP contribution in [-0.2, 0) is 0 Å². The molecular weight excluding hydrogens is 317 g/mol. The Morgan fingerprint density at radius 2 is 2.17 bits per heavy atom. The molecule has 0 spiro atoms. The number of hydrogen-bond acceptors (Lipinski definition) is 3. The Morgan fingerprint density at radius 1 is 1.39 bits per heavy atom. The number of hydrogen-bond donors (Lipinski definition) is 0. The van der Waals surface area contributed by atoms with Crippen molar-refractivity contribution in [2.45, 2.75) is 0 Å². The van der Waals surface area contributed by atoms with E-state index in [1.54, 1.807) is 30.1 Å². The van der Waals surface area contributed by atoms with Crippen molar-refractivity contribution >= 4 is 38.7 Å². The topological polar surface area (TPSA) is 20.3 Å². The minimum absolute atomic E-state index is 0.0254. The van der Waals surface area contributed by atoms with Crippen molar-refractivity contribution in [1.29, 1.82) is 0 Å². The molecule has 0 aliphatic rings. The molecule has 0 unspecified atom stereocenters. The van der Waals surface area contributed by atoms with Gasteiger partial charge in [-0.25, -0.2) is 4.39 Å². The molecule has 0 aliphatic carbocycles. The fourth-order valence-electron chi connectivity index (χ4n) is 1.56. The van der Waals surface area contributed by atoms with Gasteiger partial charge in [-0.1, -0.05) is 6.07 Å². The zero-order chi connectivity index (χ0) is 13.1. The van der Waals surface area contributed by atoms with Gasteiger partial charge in [0.15, 0.2) is 5.78 Å². The van der Waals surface area contributed by atoms with Gasteiger partial charge in [-0.15, -0.1) is 11.3 Å². The third-order valence-electron chi connectivity index (χ3n) is 2.48. The second-order valence-electron chi connectivity index (χ2n) is 3.86. The molecule has 94 valence electrons. The summed E-state index contributed by atoms with van der Waals surface area (Å²) in [6, 6.07) is 9.85. The number of likely N-dealkylation sites (N-methyl/N-ethyl adjacent to an activating group) is 1. The lowest BCUT2D eigenvalue weighted by Crippen LogP contribution is -2.25. The summed E-state index contributed by atoms with van der Waals surface area (Å²) in [4.78, 5) is 14.4. The van der Waals surface area contributed by atoms with Crippen LogP contribution < -0.4 is 4.90 Å². The van der Waals surface area contributed by atoms with E-state index in [0.717, 1.165) is 3.79 Å². The lowest BCUT2D eigenvalue weighted by molar-refractivity contribution is 0.100. The third-order valence-corrected chi connectivity index (χ3v) is 4.14. The van der Waals surface area contributed by atoms with Gasteiger partial charge in [0, 0.05) is 12.7 Å².